The first-order valence-electron chi connectivity index (χ1n) is 16.7. The zero-order chi connectivity index (χ0) is 34.7. The average Bonchev–Trinajstić information content (AvgIpc) is 3.04. The topological polar surface area (TPSA) is 111 Å². The van der Waals surface area contributed by atoms with Crippen LogP contribution >= 0.6 is 0 Å². The van der Waals surface area contributed by atoms with Crippen molar-refractivity contribution in [3.63, 3.8) is 0 Å². The van der Waals surface area contributed by atoms with Crippen molar-refractivity contribution in [2.75, 3.05) is 41.4 Å². The Morgan fingerprint density at radius 1 is 1.04 bits per heavy atom. The lowest BCUT2D eigenvalue weighted by Gasteiger charge is -2.47. The second-order valence-corrected chi connectivity index (χ2v) is 14.7. The lowest BCUT2D eigenvalue weighted by Crippen LogP contribution is -2.59. The lowest BCUT2D eigenvalue weighted by atomic mass is 9.74. The van der Waals surface area contributed by atoms with Crippen molar-refractivity contribution in [1.82, 2.24) is 14.8 Å². The van der Waals surface area contributed by atoms with Crippen LogP contribution in [0.2, 0.25) is 0 Å². The van der Waals surface area contributed by atoms with Crippen LogP contribution in [0.25, 0.3) is 11.1 Å². The van der Waals surface area contributed by atoms with Crippen molar-refractivity contribution in [2.45, 2.75) is 96.7 Å². The Morgan fingerprint density at radius 2 is 1.72 bits per heavy atom. The number of aliphatic hydroxyl groups is 1. The van der Waals surface area contributed by atoms with Crippen LogP contribution in [0.5, 0.6) is 0 Å². The maximum Gasteiger partial charge on any atom is 0.319 e. The van der Waals surface area contributed by atoms with Crippen LogP contribution in [0.1, 0.15) is 66.0 Å². The Kier molecular flexibility index (Phi) is 12.0. The maximum absolute atomic E-state index is 14.3. The maximum atomic E-state index is 14.3. The van der Waals surface area contributed by atoms with E-state index in [9.17, 15) is 14.7 Å². The first kappa shape index (κ1) is 37.1. The van der Waals surface area contributed by atoms with Crippen LogP contribution in [0.3, 0.4) is 0 Å². The molecule has 0 amide bonds. The molecule has 2 aromatic rings. The van der Waals surface area contributed by atoms with Crippen molar-refractivity contribution in [3.05, 3.63) is 54.4 Å². The van der Waals surface area contributed by atoms with Gasteiger partial charge in [0.15, 0.2) is 12.1 Å². The van der Waals surface area contributed by atoms with Gasteiger partial charge in [0.25, 0.3) is 0 Å². The number of aliphatic hydroxyl groups excluding tert-OH is 1. The standard InChI is InChI=1S/C37H55N3O7/c1-23-19-37(6,44-10)33(47-34-31(41)29(39(7)8)18-24(2)46-34)25(3)32(42)36(4,5)35(43)45-22-30(40(9)21-23)27-15-13-26(14-16-27)28-12-11-17-38-20-28/h11-17,20,23-25,29-31,33-34,41H,18-19,21-22H2,1-10H3/t23-,24+,25+,29+,30+,31-,33+,34+,37-/m1/s1. The minimum atomic E-state index is -1.46. The van der Waals surface area contributed by atoms with Crippen LogP contribution < -0.4 is 0 Å². The molecule has 47 heavy (non-hydrogen) atoms. The van der Waals surface area contributed by atoms with Gasteiger partial charge in [-0.3, -0.25) is 19.5 Å². The summed E-state index contributed by atoms with van der Waals surface area (Å²) in [6, 6.07) is 11.7. The summed E-state index contributed by atoms with van der Waals surface area (Å²) in [5, 5.41) is 11.3. The highest BCUT2D eigenvalue weighted by atomic mass is 16.7. The Balaban J connectivity index is 1.68. The molecule has 0 saturated carbocycles. The quantitative estimate of drug-likeness (QED) is 0.347. The van der Waals surface area contributed by atoms with Crippen molar-refractivity contribution >= 4 is 11.8 Å². The molecule has 3 heterocycles. The Labute approximate surface area is 280 Å². The summed E-state index contributed by atoms with van der Waals surface area (Å²) in [5.41, 5.74) is 0.636. The van der Waals surface area contributed by atoms with Crippen molar-refractivity contribution in [2.24, 2.45) is 17.3 Å². The number of aromatic nitrogens is 1. The minimum Gasteiger partial charge on any atom is -0.463 e. The Bertz CT molecular complexity index is 1340. The molecule has 2 aliphatic rings. The van der Waals surface area contributed by atoms with E-state index in [1.165, 1.54) is 0 Å². The van der Waals surface area contributed by atoms with E-state index in [0.717, 1.165) is 16.7 Å². The number of esters is 1. The second kappa shape index (κ2) is 15.2. The van der Waals surface area contributed by atoms with Crippen molar-refractivity contribution in [1.29, 1.82) is 0 Å². The number of Topliss-reactive ketones (excluding diaryl/α,β-unsaturated/α-hetero) is 1. The molecule has 0 bridgehead atoms. The van der Waals surface area contributed by atoms with Crippen LogP contribution in [0, 0.1) is 17.3 Å². The number of ether oxygens (including phenoxy) is 4. The van der Waals surface area contributed by atoms with Crippen LogP contribution in [-0.2, 0) is 28.5 Å². The van der Waals surface area contributed by atoms with Gasteiger partial charge >= 0.3 is 5.97 Å². The molecule has 2 saturated heterocycles. The van der Waals surface area contributed by atoms with Gasteiger partial charge in [0, 0.05) is 38.0 Å². The third kappa shape index (κ3) is 8.29. The summed E-state index contributed by atoms with van der Waals surface area (Å²) in [7, 11) is 7.48. The van der Waals surface area contributed by atoms with E-state index >= 15 is 0 Å². The molecule has 1 N–H and O–H groups in total. The average molecular weight is 654 g/mol. The molecule has 1 aromatic heterocycles. The number of carbonyl (C=O) groups is 2. The van der Waals surface area contributed by atoms with Gasteiger partial charge in [-0.05, 0) is 90.4 Å². The summed E-state index contributed by atoms with van der Waals surface area (Å²) in [6.07, 6.45) is 1.85. The number of methoxy groups -OCH3 is 1. The first-order chi connectivity index (χ1) is 22.1. The summed E-state index contributed by atoms with van der Waals surface area (Å²) in [4.78, 5) is 36.4. The van der Waals surface area contributed by atoms with Gasteiger partial charge < -0.3 is 29.0 Å². The van der Waals surface area contributed by atoms with E-state index in [1.807, 2.05) is 58.2 Å². The molecule has 0 radical (unpaired) electrons. The van der Waals surface area contributed by atoms with E-state index in [4.69, 9.17) is 18.9 Å². The number of hydrogen-bond acceptors (Lipinski definition) is 10. The predicted molar refractivity (Wildman–Crippen MR) is 180 cm³/mol. The summed E-state index contributed by atoms with van der Waals surface area (Å²) < 4.78 is 25.0. The molecular formula is C37H55N3O7. The van der Waals surface area contributed by atoms with E-state index in [2.05, 4.69) is 41.1 Å². The smallest absolute Gasteiger partial charge is 0.319 e. The molecule has 0 aliphatic carbocycles. The third-order valence-electron chi connectivity index (χ3n) is 10.2. The number of ketones is 1. The zero-order valence-electron chi connectivity index (χ0n) is 29.8. The Hall–Kier alpha value is -2.73. The number of rotatable bonds is 6. The molecular weight excluding hydrogens is 598 g/mol. The number of nitrogens with zero attached hydrogens (tertiary/aromatic N) is 3. The fourth-order valence-corrected chi connectivity index (χ4v) is 7.33. The molecule has 10 nitrogen and oxygen atoms in total. The van der Waals surface area contributed by atoms with E-state index in [-0.39, 0.29) is 36.5 Å². The first-order valence-corrected chi connectivity index (χ1v) is 16.7. The number of carbonyl (C=O) groups excluding carboxylic acids is 2. The zero-order valence-corrected chi connectivity index (χ0v) is 29.8. The van der Waals surface area contributed by atoms with Crippen LogP contribution in [-0.4, -0.2) is 109 Å². The third-order valence-corrected chi connectivity index (χ3v) is 10.2. The SMILES string of the molecule is CO[C@]1(C)C[C@@H](C)CN(C)[C@H](c2ccc(-c3cccnc3)cc2)COC(=O)C(C)(C)C(=O)[C@H](C)[C@@H]1O[C@@H]1O[C@@H](C)C[C@H](N(C)C)[C@H]1O. The van der Waals surface area contributed by atoms with Gasteiger partial charge in [-0.25, -0.2) is 0 Å². The van der Waals surface area contributed by atoms with Gasteiger partial charge in [0.05, 0.1) is 23.9 Å². The minimum absolute atomic E-state index is 0.0885. The molecule has 0 unspecified atom stereocenters. The lowest BCUT2D eigenvalue weighted by molar-refractivity contribution is -0.295. The summed E-state index contributed by atoms with van der Waals surface area (Å²) in [5.74, 6) is -1.61. The molecule has 2 aliphatic heterocycles. The normalized spacial score (nSPS) is 34.6. The van der Waals surface area contributed by atoms with E-state index in [1.54, 1.807) is 34.1 Å². The Morgan fingerprint density at radius 3 is 2.32 bits per heavy atom. The molecule has 2 fully saturated rings. The number of benzene rings is 1. The fraction of sp³-hybridized carbons (Fsp3) is 0.649. The molecule has 1 aromatic carbocycles. The van der Waals surface area contributed by atoms with Crippen LogP contribution in [0.15, 0.2) is 48.8 Å². The second-order valence-electron chi connectivity index (χ2n) is 14.7. The van der Waals surface area contributed by atoms with Gasteiger partial charge in [0.1, 0.15) is 18.1 Å². The van der Waals surface area contributed by atoms with Gasteiger partial charge in [-0.1, -0.05) is 44.2 Å². The fourth-order valence-electron chi connectivity index (χ4n) is 7.33. The van der Waals surface area contributed by atoms with Crippen molar-refractivity contribution in [3.8, 4) is 11.1 Å². The van der Waals surface area contributed by atoms with E-state index < -0.39 is 41.4 Å². The highest BCUT2D eigenvalue weighted by Gasteiger charge is 2.51. The number of cyclic esters (lactones) is 1. The highest BCUT2D eigenvalue weighted by Crippen LogP contribution is 2.39. The van der Waals surface area contributed by atoms with E-state index in [0.29, 0.717) is 19.4 Å². The van der Waals surface area contributed by atoms with Crippen molar-refractivity contribution < 1.29 is 33.6 Å². The molecule has 0 spiro atoms. The number of hydrogen-bond donors (Lipinski definition) is 1. The predicted octanol–water partition coefficient (Wildman–Crippen LogP) is 4.75. The van der Waals surface area contributed by atoms with Gasteiger partial charge in [0.2, 0.25) is 0 Å². The monoisotopic (exact) mass is 653 g/mol. The van der Waals surface area contributed by atoms with Crippen LogP contribution in [0.4, 0.5) is 0 Å². The largest absolute Gasteiger partial charge is 0.463 e. The summed E-state index contributed by atoms with van der Waals surface area (Å²) >= 11 is 0. The number of likely N-dealkylation sites (N-methyl/N-ethyl adjacent to an activating group) is 2. The van der Waals surface area contributed by atoms with Gasteiger partial charge in [-0.2, -0.15) is 0 Å². The molecule has 4 rings (SSSR count). The highest BCUT2D eigenvalue weighted by molar-refractivity contribution is 6.04. The molecule has 10 heteroatoms. The number of pyridine rings is 1. The van der Waals surface area contributed by atoms with Gasteiger partial charge in [-0.15, -0.1) is 0 Å². The summed E-state index contributed by atoms with van der Waals surface area (Å²) in [6.45, 7) is 11.8. The molecule has 9 atom stereocenters. The molecule has 260 valence electrons.